The molecule has 24 heavy (non-hydrogen) atoms. The van der Waals surface area contributed by atoms with Gasteiger partial charge in [-0.1, -0.05) is 18.2 Å². The highest BCUT2D eigenvalue weighted by atomic mass is 16.5. The van der Waals surface area contributed by atoms with Gasteiger partial charge in [0.05, 0.1) is 13.2 Å². The van der Waals surface area contributed by atoms with Crippen LogP contribution < -0.4 is 5.32 Å². The predicted molar refractivity (Wildman–Crippen MR) is 96.3 cm³/mol. The largest absolute Gasteiger partial charge is 0.379 e. The summed E-state index contributed by atoms with van der Waals surface area (Å²) in [6.07, 6.45) is 7.68. The lowest BCUT2D eigenvalue weighted by atomic mass is 9.89. The molecule has 0 aromatic heterocycles. The Bertz CT molecular complexity index is 538. The Hall–Kier alpha value is -1.39. The molecular weight excluding hydrogens is 300 g/mol. The van der Waals surface area contributed by atoms with E-state index in [-0.39, 0.29) is 5.91 Å². The predicted octanol–water partition coefficient (Wildman–Crippen LogP) is 2.34. The van der Waals surface area contributed by atoms with Gasteiger partial charge in [-0.3, -0.25) is 9.69 Å². The van der Waals surface area contributed by atoms with Crippen LogP contribution in [0.25, 0.3) is 0 Å². The van der Waals surface area contributed by atoms with Crippen molar-refractivity contribution >= 4 is 5.91 Å². The number of hydrogen-bond acceptors (Lipinski definition) is 3. The monoisotopic (exact) mass is 330 g/mol. The fraction of sp³-hybridized carbons (Fsp3) is 0.650. The number of nitrogens with one attached hydrogen (secondary N) is 1. The minimum atomic E-state index is 0.182. The number of morpholine rings is 1. The average molecular weight is 330 g/mol. The first-order chi connectivity index (χ1) is 11.8. The zero-order chi connectivity index (χ0) is 16.6. The van der Waals surface area contributed by atoms with E-state index >= 15 is 0 Å². The van der Waals surface area contributed by atoms with E-state index < -0.39 is 0 Å². The van der Waals surface area contributed by atoms with Crippen LogP contribution in [0.15, 0.2) is 18.2 Å². The third kappa shape index (κ3) is 5.32. The molecule has 1 saturated heterocycles. The number of ether oxygens (including phenoxy) is 1. The first-order valence-corrected chi connectivity index (χ1v) is 9.49. The van der Waals surface area contributed by atoms with Gasteiger partial charge in [-0.2, -0.15) is 0 Å². The van der Waals surface area contributed by atoms with Crippen molar-refractivity contribution in [3.8, 4) is 0 Å². The van der Waals surface area contributed by atoms with Gasteiger partial charge in [-0.05, 0) is 55.2 Å². The van der Waals surface area contributed by atoms with Crippen LogP contribution in [0.2, 0.25) is 0 Å². The molecule has 1 aliphatic heterocycles. The fourth-order valence-corrected chi connectivity index (χ4v) is 3.66. The number of rotatable bonds is 7. The van der Waals surface area contributed by atoms with Crippen LogP contribution >= 0.6 is 0 Å². The van der Waals surface area contributed by atoms with Crippen molar-refractivity contribution in [2.75, 3.05) is 39.4 Å². The molecule has 0 spiro atoms. The molecule has 0 atom stereocenters. The van der Waals surface area contributed by atoms with Crippen molar-refractivity contribution in [2.24, 2.45) is 0 Å². The molecule has 1 heterocycles. The Labute approximate surface area is 145 Å². The first kappa shape index (κ1) is 17.4. The fourth-order valence-electron chi connectivity index (χ4n) is 3.66. The molecule has 3 rings (SSSR count). The quantitative estimate of drug-likeness (QED) is 0.834. The molecule has 132 valence electrons. The maximum absolute atomic E-state index is 12.0. The van der Waals surface area contributed by atoms with E-state index in [0.717, 1.165) is 52.2 Å². The molecule has 1 fully saturated rings. The number of carbonyl (C=O) groups is 1. The molecule has 1 aromatic rings. The second-order valence-corrected chi connectivity index (χ2v) is 6.97. The van der Waals surface area contributed by atoms with E-state index in [4.69, 9.17) is 4.74 Å². The van der Waals surface area contributed by atoms with Crippen LogP contribution in [-0.2, 0) is 28.8 Å². The Morgan fingerprint density at radius 3 is 2.75 bits per heavy atom. The Morgan fingerprint density at radius 1 is 1.12 bits per heavy atom. The van der Waals surface area contributed by atoms with Gasteiger partial charge < -0.3 is 10.1 Å². The topological polar surface area (TPSA) is 41.6 Å². The lowest BCUT2D eigenvalue weighted by Crippen LogP contribution is -2.41. The molecule has 4 nitrogen and oxygen atoms in total. The molecule has 0 saturated carbocycles. The number of carbonyl (C=O) groups excluding carboxylic acids is 1. The van der Waals surface area contributed by atoms with Crippen LogP contribution in [0, 0.1) is 0 Å². The first-order valence-electron chi connectivity index (χ1n) is 9.49. The number of benzene rings is 1. The Balaban J connectivity index is 1.31. The van der Waals surface area contributed by atoms with Crippen LogP contribution in [0.5, 0.6) is 0 Å². The standard InChI is InChI=1S/C20H30N2O2/c23-20(21-10-11-22-12-14-24-15-13-22)7-3-4-17-8-9-18-5-1-2-6-19(18)16-17/h8-9,16H,1-7,10-15H2,(H,21,23). The summed E-state index contributed by atoms with van der Waals surface area (Å²) in [5.74, 6) is 0.182. The lowest BCUT2D eigenvalue weighted by molar-refractivity contribution is -0.121. The molecule has 0 bridgehead atoms. The van der Waals surface area contributed by atoms with Gasteiger partial charge in [-0.25, -0.2) is 0 Å². The number of amides is 1. The van der Waals surface area contributed by atoms with E-state index in [2.05, 4.69) is 28.4 Å². The van der Waals surface area contributed by atoms with E-state index in [1.165, 1.54) is 42.4 Å². The number of nitrogens with zero attached hydrogens (tertiary/aromatic N) is 1. The van der Waals surface area contributed by atoms with Gasteiger partial charge in [0.15, 0.2) is 0 Å². The van der Waals surface area contributed by atoms with E-state index in [1.807, 2.05) is 0 Å². The second-order valence-electron chi connectivity index (χ2n) is 6.97. The third-order valence-corrected chi connectivity index (χ3v) is 5.14. The summed E-state index contributed by atoms with van der Waals surface area (Å²) in [6.45, 7) is 5.27. The van der Waals surface area contributed by atoms with Crippen LogP contribution in [0.3, 0.4) is 0 Å². The summed E-state index contributed by atoms with van der Waals surface area (Å²) in [7, 11) is 0. The van der Waals surface area contributed by atoms with Crippen LogP contribution in [0.1, 0.15) is 42.4 Å². The molecule has 1 N–H and O–H groups in total. The maximum Gasteiger partial charge on any atom is 0.220 e. The highest BCUT2D eigenvalue weighted by Crippen LogP contribution is 2.22. The van der Waals surface area contributed by atoms with Gasteiger partial charge in [0.25, 0.3) is 0 Å². The lowest BCUT2D eigenvalue weighted by Gasteiger charge is -2.26. The molecule has 0 unspecified atom stereocenters. The summed E-state index contributed by atoms with van der Waals surface area (Å²) in [5, 5.41) is 3.04. The average Bonchev–Trinajstić information content (AvgIpc) is 2.62. The molecule has 0 radical (unpaired) electrons. The van der Waals surface area contributed by atoms with Crippen molar-refractivity contribution in [2.45, 2.75) is 44.9 Å². The SMILES string of the molecule is O=C(CCCc1ccc2c(c1)CCCC2)NCCN1CCOCC1. The zero-order valence-electron chi connectivity index (χ0n) is 14.7. The molecule has 1 amide bonds. The van der Waals surface area contributed by atoms with Crippen molar-refractivity contribution in [1.82, 2.24) is 10.2 Å². The Kier molecular flexibility index (Phi) is 6.67. The summed E-state index contributed by atoms with van der Waals surface area (Å²) >= 11 is 0. The number of hydrogen-bond donors (Lipinski definition) is 1. The zero-order valence-corrected chi connectivity index (χ0v) is 14.7. The molecular formula is C20H30N2O2. The van der Waals surface area contributed by atoms with Crippen LogP contribution in [0.4, 0.5) is 0 Å². The highest BCUT2D eigenvalue weighted by Gasteiger charge is 2.11. The van der Waals surface area contributed by atoms with Gasteiger partial charge in [0.1, 0.15) is 0 Å². The van der Waals surface area contributed by atoms with Gasteiger partial charge >= 0.3 is 0 Å². The summed E-state index contributed by atoms with van der Waals surface area (Å²) in [4.78, 5) is 14.3. The molecule has 4 heteroatoms. The van der Waals surface area contributed by atoms with Crippen molar-refractivity contribution < 1.29 is 9.53 Å². The molecule has 1 aromatic carbocycles. The molecule has 1 aliphatic carbocycles. The number of fused-ring (bicyclic) bond motifs is 1. The maximum atomic E-state index is 12.0. The van der Waals surface area contributed by atoms with Crippen molar-refractivity contribution in [3.05, 3.63) is 34.9 Å². The Morgan fingerprint density at radius 2 is 1.92 bits per heavy atom. The smallest absolute Gasteiger partial charge is 0.220 e. The van der Waals surface area contributed by atoms with Gasteiger partial charge in [-0.15, -0.1) is 0 Å². The summed E-state index contributed by atoms with van der Waals surface area (Å²) < 4.78 is 5.33. The third-order valence-electron chi connectivity index (χ3n) is 5.14. The van der Waals surface area contributed by atoms with E-state index in [1.54, 1.807) is 0 Å². The van der Waals surface area contributed by atoms with Gasteiger partial charge in [0, 0.05) is 32.6 Å². The van der Waals surface area contributed by atoms with Crippen LogP contribution in [-0.4, -0.2) is 50.2 Å². The van der Waals surface area contributed by atoms with Crippen molar-refractivity contribution in [3.63, 3.8) is 0 Å². The van der Waals surface area contributed by atoms with Crippen molar-refractivity contribution in [1.29, 1.82) is 0 Å². The normalized spacial score (nSPS) is 18.2. The number of aryl methyl sites for hydroxylation is 3. The minimum absolute atomic E-state index is 0.182. The second kappa shape index (κ2) is 9.19. The summed E-state index contributed by atoms with van der Waals surface area (Å²) in [5.41, 5.74) is 4.45. The van der Waals surface area contributed by atoms with E-state index in [9.17, 15) is 4.79 Å². The molecule has 2 aliphatic rings. The summed E-state index contributed by atoms with van der Waals surface area (Å²) in [6, 6.07) is 6.91. The van der Waals surface area contributed by atoms with E-state index in [0.29, 0.717) is 6.42 Å². The highest BCUT2D eigenvalue weighted by molar-refractivity contribution is 5.75. The van der Waals surface area contributed by atoms with Gasteiger partial charge in [0.2, 0.25) is 5.91 Å². The minimum Gasteiger partial charge on any atom is -0.379 e.